The zero-order valence-electron chi connectivity index (χ0n) is 9.07. The molecule has 6 heteroatoms. The van der Waals surface area contributed by atoms with Gasteiger partial charge < -0.3 is 10.8 Å². The first-order chi connectivity index (χ1) is 8.47. The van der Waals surface area contributed by atoms with Crippen LogP contribution in [0.2, 0.25) is 5.02 Å². The van der Waals surface area contributed by atoms with Gasteiger partial charge in [-0.25, -0.2) is 9.37 Å². The Bertz CT molecular complexity index is 574. The summed E-state index contributed by atoms with van der Waals surface area (Å²) in [6.45, 7) is 0. The van der Waals surface area contributed by atoms with Crippen LogP contribution in [0.1, 0.15) is 17.2 Å². The van der Waals surface area contributed by atoms with E-state index in [9.17, 15) is 9.50 Å². The molecule has 0 saturated carbocycles. The van der Waals surface area contributed by atoms with Crippen LogP contribution >= 0.6 is 27.5 Å². The van der Waals surface area contributed by atoms with E-state index in [0.29, 0.717) is 20.6 Å². The maximum Gasteiger partial charge on any atom is 0.129 e. The standard InChI is InChI=1S/C12H9BrClFN2O/c13-7-1-6(2-9(15)3-7)11(18)10-4-8(14)5-17-12(10)16/h1-5,11,18H,(H2,16,17). The first-order valence-corrected chi connectivity index (χ1v) is 6.19. The molecular weight excluding hydrogens is 322 g/mol. The highest BCUT2D eigenvalue weighted by molar-refractivity contribution is 9.10. The van der Waals surface area contributed by atoms with Gasteiger partial charge in [0.15, 0.2) is 0 Å². The van der Waals surface area contributed by atoms with Crippen LogP contribution in [0.15, 0.2) is 34.9 Å². The van der Waals surface area contributed by atoms with Crippen LogP contribution < -0.4 is 5.73 Å². The van der Waals surface area contributed by atoms with Crippen molar-refractivity contribution in [2.24, 2.45) is 0 Å². The van der Waals surface area contributed by atoms with Crippen LogP contribution in [0, 0.1) is 5.82 Å². The number of aromatic nitrogens is 1. The number of aliphatic hydroxyl groups is 1. The Labute approximate surface area is 117 Å². The Morgan fingerprint density at radius 2 is 2.06 bits per heavy atom. The summed E-state index contributed by atoms with van der Waals surface area (Å²) in [6.07, 6.45) is 0.303. The predicted molar refractivity (Wildman–Crippen MR) is 71.8 cm³/mol. The maximum atomic E-state index is 13.3. The maximum absolute atomic E-state index is 13.3. The van der Waals surface area contributed by atoms with Gasteiger partial charge in [-0.1, -0.05) is 27.5 Å². The summed E-state index contributed by atoms with van der Waals surface area (Å²) >= 11 is 8.96. The van der Waals surface area contributed by atoms with Crippen molar-refractivity contribution < 1.29 is 9.50 Å². The van der Waals surface area contributed by atoms with Gasteiger partial charge in [0, 0.05) is 16.2 Å². The summed E-state index contributed by atoms with van der Waals surface area (Å²) in [5, 5.41) is 10.5. The highest BCUT2D eigenvalue weighted by Crippen LogP contribution is 2.29. The molecule has 3 nitrogen and oxygen atoms in total. The summed E-state index contributed by atoms with van der Waals surface area (Å²) < 4.78 is 13.8. The van der Waals surface area contributed by atoms with Gasteiger partial charge in [0.25, 0.3) is 0 Å². The van der Waals surface area contributed by atoms with Gasteiger partial charge in [0.2, 0.25) is 0 Å². The second-order valence-corrected chi connectivity index (χ2v) is 5.09. The minimum absolute atomic E-state index is 0.160. The molecule has 2 rings (SSSR count). The van der Waals surface area contributed by atoms with E-state index < -0.39 is 11.9 Å². The van der Waals surface area contributed by atoms with Gasteiger partial charge in [-0.15, -0.1) is 0 Å². The number of hydrogen-bond donors (Lipinski definition) is 2. The highest BCUT2D eigenvalue weighted by atomic mass is 79.9. The van der Waals surface area contributed by atoms with E-state index in [-0.39, 0.29) is 5.82 Å². The molecule has 0 bridgehead atoms. The molecule has 0 aliphatic carbocycles. The molecule has 0 saturated heterocycles. The molecule has 0 fully saturated rings. The molecule has 1 atom stereocenters. The molecular formula is C12H9BrClFN2O. The molecule has 1 heterocycles. The van der Waals surface area contributed by atoms with Gasteiger partial charge in [-0.05, 0) is 29.8 Å². The number of pyridine rings is 1. The molecule has 0 spiro atoms. The van der Waals surface area contributed by atoms with Crippen molar-refractivity contribution in [3.63, 3.8) is 0 Å². The van der Waals surface area contributed by atoms with Crippen LogP contribution in [0.4, 0.5) is 10.2 Å². The number of nitrogens with zero attached hydrogens (tertiary/aromatic N) is 1. The zero-order valence-corrected chi connectivity index (χ0v) is 11.4. The lowest BCUT2D eigenvalue weighted by Gasteiger charge is -2.14. The third-order valence-corrected chi connectivity index (χ3v) is 3.08. The summed E-state index contributed by atoms with van der Waals surface area (Å²) in [4.78, 5) is 3.85. The third kappa shape index (κ3) is 2.80. The molecule has 1 unspecified atom stereocenters. The van der Waals surface area contributed by atoms with Crippen molar-refractivity contribution in [3.05, 3.63) is 56.9 Å². The average Bonchev–Trinajstić information content (AvgIpc) is 2.30. The molecule has 0 aliphatic heterocycles. The summed E-state index contributed by atoms with van der Waals surface area (Å²) in [7, 11) is 0. The summed E-state index contributed by atoms with van der Waals surface area (Å²) in [6, 6.07) is 5.65. The van der Waals surface area contributed by atoms with Gasteiger partial charge in [0.05, 0.1) is 5.02 Å². The molecule has 0 radical (unpaired) electrons. The second-order valence-electron chi connectivity index (χ2n) is 3.73. The zero-order chi connectivity index (χ0) is 13.3. The Morgan fingerprint density at radius 3 is 2.72 bits per heavy atom. The molecule has 2 aromatic rings. The van der Waals surface area contributed by atoms with Crippen LogP contribution in [0.3, 0.4) is 0 Å². The molecule has 0 amide bonds. The molecule has 94 valence electrons. The lowest BCUT2D eigenvalue weighted by Crippen LogP contribution is -2.06. The first-order valence-electron chi connectivity index (χ1n) is 5.02. The topological polar surface area (TPSA) is 59.1 Å². The average molecular weight is 332 g/mol. The quantitative estimate of drug-likeness (QED) is 0.887. The Balaban J connectivity index is 2.47. The number of halogens is 3. The third-order valence-electron chi connectivity index (χ3n) is 2.41. The minimum Gasteiger partial charge on any atom is -0.384 e. The Hall–Kier alpha value is -1.17. The monoisotopic (exact) mass is 330 g/mol. The van der Waals surface area contributed by atoms with Crippen LogP contribution in [0.5, 0.6) is 0 Å². The minimum atomic E-state index is -1.08. The summed E-state index contributed by atoms with van der Waals surface area (Å²) in [5.74, 6) is -0.292. The van der Waals surface area contributed by atoms with Crippen molar-refractivity contribution in [1.29, 1.82) is 0 Å². The Morgan fingerprint density at radius 1 is 1.33 bits per heavy atom. The molecule has 3 N–H and O–H groups in total. The van der Waals surface area contributed by atoms with Crippen LogP contribution in [-0.4, -0.2) is 10.1 Å². The number of nitrogens with two attached hydrogens (primary N) is 1. The SMILES string of the molecule is Nc1ncc(Cl)cc1C(O)c1cc(F)cc(Br)c1. The fourth-order valence-electron chi connectivity index (χ4n) is 1.60. The van der Waals surface area contributed by atoms with Gasteiger partial charge in [-0.2, -0.15) is 0 Å². The number of benzene rings is 1. The van der Waals surface area contributed by atoms with Crippen molar-refractivity contribution in [3.8, 4) is 0 Å². The van der Waals surface area contributed by atoms with E-state index in [0.717, 1.165) is 0 Å². The number of hydrogen-bond acceptors (Lipinski definition) is 3. The van der Waals surface area contributed by atoms with E-state index in [1.165, 1.54) is 24.4 Å². The highest BCUT2D eigenvalue weighted by Gasteiger charge is 2.16. The van der Waals surface area contributed by atoms with E-state index >= 15 is 0 Å². The predicted octanol–water partition coefficient (Wildman–Crippen LogP) is 3.30. The van der Waals surface area contributed by atoms with Gasteiger partial charge >= 0.3 is 0 Å². The first kappa shape index (κ1) is 13.3. The Kier molecular flexibility index (Phi) is 3.85. The van der Waals surface area contributed by atoms with Crippen LogP contribution in [-0.2, 0) is 0 Å². The lowest BCUT2D eigenvalue weighted by molar-refractivity contribution is 0.220. The van der Waals surface area contributed by atoms with Crippen molar-refractivity contribution in [2.75, 3.05) is 5.73 Å². The number of nitrogen functional groups attached to an aromatic ring is 1. The van der Waals surface area contributed by atoms with E-state index in [1.807, 2.05) is 0 Å². The smallest absolute Gasteiger partial charge is 0.129 e. The van der Waals surface area contributed by atoms with Crippen molar-refractivity contribution >= 4 is 33.3 Å². The van der Waals surface area contributed by atoms with Crippen molar-refractivity contribution in [1.82, 2.24) is 4.98 Å². The lowest BCUT2D eigenvalue weighted by atomic mass is 10.0. The number of rotatable bonds is 2. The van der Waals surface area contributed by atoms with E-state index in [4.69, 9.17) is 17.3 Å². The largest absolute Gasteiger partial charge is 0.384 e. The van der Waals surface area contributed by atoms with E-state index in [1.54, 1.807) is 6.07 Å². The number of aliphatic hydroxyl groups excluding tert-OH is 1. The molecule has 1 aromatic heterocycles. The van der Waals surface area contributed by atoms with Gasteiger partial charge in [0.1, 0.15) is 17.7 Å². The molecule has 18 heavy (non-hydrogen) atoms. The summed E-state index contributed by atoms with van der Waals surface area (Å²) in [5.41, 5.74) is 6.39. The second kappa shape index (κ2) is 5.22. The molecule has 0 aliphatic rings. The van der Waals surface area contributed by atoms with Crippen LogP contribution in [0.25, 0.3) is 0 Å². The van der Waals surface area contributed by atoms with E-state index in [2.05, 4.69) is 20.9 Å². The molecule has 1 aromatic carbocycles. The van der Waals surface area contributed by atoms with Gasteiger partial charge in [-0.3, -0.25) is 0 Å². The van der Waals surface area contributed by atoms with Crippen molar-refractivity contribution in [2.45, 2.75) is 6.10 Å². The fraction of sp³-hybridized carbons (Fsp3) is 0.0833. The normalized spacial score (nSPS) is 12.4. The fourth-order valence-corrected chi connectivity index (χ4v) is 2.25. The number of anilines is 1.